The summed E-state index contributed by atoms with van der Waals surface area (Å²) in [4.78, 5) is 12.3. The molecule has 0 radical (unpaired) electrons. The smallest absolute Gasteiger partial charge is 0.311 e. The molecule has 3 atom stereocenters. The van der Waals surface area contributed by atoms with Crippen LogP contribution in [0.3, 0.4) is 0 Å². The van der Waals surface area contributed by atoms with Gasteiger partial charge in [0, 0.05) is 34.8 Å². The Labute approximate surface area is 273 Å². The molecule has 4 N–H and O–H groups in total. The SMILES string of the molecule is CC1(Cl)C=CC(OC(=O)CCC2CCC(c3cc(Cl)ccc3N)=CC(c3ccc(OCCn4cc(C#N)c(N)n4)cc3)C2)=CC1. The van der Waals surface area contributed by atoms with Crippen molar-refractivity contribution in [3.63, 3.8) is 0 Å². The van der Waals surface area contributed by atoms with Crippen molar-refractivity contribution in [2.75, 3.05) is 18.1 Å². The van der Waals surface area contributed by atoms with Gasteiger partial charge in [-0.25, -0.2) is 0 Å². The van der Waals surface area contributed by atoms with Crippen LogP contribution in [0.5, 0.6) is 5.75 Å². The molecule has 1 aromatic heterocycles. The second-order valence-corrected chi connectivity index (χ2v) is 13.1. The Morgan fingerprint density at radius 1 is 1.22 bits per heavy atom. The molecule has 1 heterocycles. The molecule has 0 spiro atoms. The van der Waals surface area contributed by atoms with Gasteiger partial charge in [-0.1, -0.05) is 35.9 Å². The predicted molar refractivity (Wildman–Crippen MR) is 179 cm³/mol. The summed E-state index contributed by atoms with van der Waals surface area (Å²) in [6.07, 6.45) is 13.7. The fourth-order valence-corrected chi connectivity index (χ4v) is 6.05. The van der Waals surface area contributed by atoms with Crippen LogP contribution >= 0.6 is 23.2 Å². The van der Waals surface area contributed by atoms with E-state index < -0.39 is 4.87 Å². The van der Waals surface area contributed by atoms with E-state index in [4.69, 9.17) is 49.4 Å². The van der Waals surface area contributed by atoms with E-state index in [-0.39, 0.29) is 17.7 Å². The maximum Gasteiger partial charge on any atom is 0.311 e. The van der Waals surface area contributed by atoms with Crippen molar-refractivity contribution < 1.29 is 14.3 Å². The molecule has 10 heteroatoms. The van der Waals surface area contributed by atoms with Crippen molar-refractivity contribution in [3.05, 3.63) is 100 Å². The van der Waals surface area contributed by atoms with Crippen LogP contribution in [-0.2, 0) is 16.1 Å². The summed E-state index contributed by atoms with van der Waals surface area (Å²) in [5, 5.41) is 13.9. The van der Waals surface area contributed by atoms with Crippen LogP contribution in [0.4, 0.5) is 11.5 Å². The molecule has 5 rings (SSSR count). The van der Waals surface area contributed by atoms with E-state index in [1.54, 1.807) is 23.0 Å². The number of benzene rings is 2. The van der Waals surface area contributed by atoms with Gasteiger partial charge in [-0.2, -0.15) is 10.4 Å². The van der Waals surface area contributed by atoms with E-state index in [0.29, 0.717) is 53.9 Å². The minimum atomic E-state index is -0.439. The van der Waals surface area contributed by atoms with Crippen LogP contribution in [0, 0.1) is 17.2 Å². The quantitative estimate of drug-likeness (QED) is 0.131. The molecule has 3 aromatic rings. The van der Waals surface area contributed by atoms with Crippen molar-refractivity contribution in [2.24, 2.45) is 5.92 Å². The average Bonchev–Trinajstić information content (AvgIpc) is 3.24. The first-order valence-electron chi connectivity index (χ1n) is 15.1. The van der Waals surface area contributed by atoms with Gasteiger partial charge in [0.1, 0.15) is 29.7 Å². The molecule has 45 heavy (non-hydrogen) atoms. The van der Waals surface area contributed by atoms with Gasteiger partial charge in [-0.15, -0.1) is 11.6 Å². The molecule has 234 valence electrons. The van der Waals surface area contributed by atoms with E-state index in [2.05, 4.69) is 23.3 Å². The summed E-state index contributed by atoms with van der Waals surface area (Å²) < 4.78 is 13.2. The van der Waals surface area contributed by atoms with Gasteiger partial charge < -0.3 is 20.9 Å². The third-order valence-corrected chi connectivity index (χ3v) is 8.78. The zero-order chi connectivity index (χ0) is 32.0. The van der Waals surface area contributed by atoms with E-state index in [0.717, 1.165) is 48.1 Å². The lowest BCUT2D eigenvalue weighted by molar-refractivity contribution is -0.139. The summed E-state index contributed by atoms with van der Waals surface area (Å²) in [5.41, 5.74) is 16.4. The van der Waals surface area contributed by atoms with Gasteiger partial charge in [0.25, 0.3) is 0 Å². The molecule has 0 saturated carbocycles. The highest BCUT2D eigenvalue weighted by Gasteiger charge is 2.25. The average molecular weight is 647 g/mol. The highest BCUT2D eigenvalue weighted by Crippen LogP contribution is 2.41. The number of nitrogens with two attached hydrogens (primary N) is 2. The van der Waals surface area contributed by atoms with Gasteiger partial charge >= 0.3 is 5.97 Å². The van der Waals surface area contributed by atoms with Gasteiger partial charge in [0.05, 0.1) is 11.4 Å². The maximum atomic E-state index is 12.8. The molecule has 0 saturated heterocycles. The molecular formula is C35H37Cl2N5O3. The number of nitriles is 1. The number of alkyl halides is 1. The fraction of sp³-hybridized carbons (Fsp3) is 0.343. The number of hydrogen-bond acceptors (Lipinski definition) is 7. The first-order valence-corrected chi connectivity index (χ1v) is 15.8. The van der Waals surface area contributed by atoms with Crippen LogP contribution in [0.25, 0.3) is 5.57 Å². The first-order chi connectivity index (χ1) is 21.6. The molecule has 2 aromatic carbocycles. The van der Waals surface area contributed by atoms with E-state index in [9.17, 15) is 4.79 Å². The third kappa shape index (κ3) is 8.72. The number of ether oxygens (including phenoxy) is 2. The number of rotatable bonds is 10. The monoisotopic (exact) mass is 645 g/mol. The van der Waals surface area contributed by atoms with Gasteiger partial charge in [0.2, 0.25) is 0 Å². The molecule has 0 bridgehead atoms. The Morgan fingerprint density at radius 2 is 2.02 bits per heavy atom. The van der Waals surface area contributed by atoms with Crippen molar-refractivity contribution in [3.8, 4) is 11.8 Å². The first kappa shape index (κ1) is 32.2. The van der Waals surface area contributed by atoms with Crippen LogP contribution < -0.4 is 16.2 Å². The zero-order valence-corrected chi connectivity index (χ0v) is 26.7. The highest BCUT2D eigenvalue weighted by molar-refractivity contribution is 6.30. The summed E-state index contributed by atoms with van der Waals surface area (Å²) >= 11 is 12.7. The Hall–Kier alpha value is -4.19. The molecule has 2 aliphatic rings. The van der Waals surface area contributed by atoms with E-state index in [1.165, 1.54) is 0 Å². The molecular weight excluding hydrogens is 609 g/mol. The number of nitrogens with zero attached hydrogens (tertiary/aromatic N) is 3. The molecule has 8 nitrogen and oxygen atoms in total. The summed E-state index contributed by atoms with van der Waals surface area (Å²) in [7, 11) is 0. The minimum Gasteiger partial charge on any atom is -0.492 e. The zero-order valence-electron chi connectivity index (χ0n) is 25.2. The molecule has 2 aliphatic carbocycles. The Balaban J connectivity index is 1.26. The number of allylic oxidation sites excluding steroid dienone is 5. The van der Waals surface area contributed by atoms with Crippen LogP contribution in [0.2, 0.25) is 5.02 Å². The Kier molecular flexibility index (Phi) is 10.2. The predicted octanol–water partition coefficient (Wildman–Crippen LogP) is 7.78. The third-order valence-electron chi connectivity index (χ3n) is 8.27. The largest absolute Gasteiger partial charge is 0.492 e. The maximum absolute atomic E-state index is 12.8. The number of esters is 1. The minimum absolute atomic E-state index is 0.109. The number of carbonyl (C=O) groups excluding carboxylic acids is 1. The number of anilines is 2. The van der Waals surface area contributed by atoms with E-state index >= 15 is 0 Å². The van der Waals surface area contributed by atoms with Crippen molar-refractivity contribution in [1.82, 2.24) is 9.78 Å². The second kappa shape index (κ2) is 14.3. The molecule has 0 aliphatic heterocycles. The summed E-state index contributed by atoms with van der Waals surface area (Å²) in [6.45, 7) is 2.77. The van der Waals surface area contributed by atoms with E-state index in [1.807, 2.05) is 49.4 Å². The lowest BCUT2D eigenvalue weighted by atomic mass is 9.86. The number of hydrogen-bond donors (Lipinski definition) is 2. The Bertz CT molecular complexity index is 1670. The van der Waals surface area contributed by atoms with Crippen molar-refractivity contribution in [2.45, 2.75) is 62.8 Å². The number of aromatic nitrogens is 2. The molecule has 0 amide bonds. The van der Waals surface area contributed by atoms with Crippen LogP contribution in [0.15, 0.2) is 78.7 Å². The second-order valence-electron chi connectivity index (χ2n) is 11.8. The Morgan fingerprint density at radius 3 is 2.73 bits per heavy atom. The van der Waals surface area contributed by atoms with Crippen molar-refractivity contribution >= 4 is 46.2 Å². The van der Waals surface area contributed by atoms with Gasteiger partial charge in [0.15, 0.2) is 5.82 Å². The standard InChI is InChI=1S/C35H37Cl2N5O3/c1-35(37)14-12-30(13-15-35)45-33(43)11-3-23-2-4-25(31-20-28(36)7-10-32(31)39)19-26(18-23)24-5-8-29(9-6-24)44-17-16-42-22-27(21-38)34(40)41-42/h5-10,12-14,19-20,22-23,26H,2-4,11,15-18,39H2,1H3,(H2,40,41). The summed E-state index contributed by atoms with van der Waals surface area (Å²) in [5.74, 6) is 1.68. The fourth-order valence-electron chi connectivity index (χ4n) is 5.73. The molecule has 0 fully saturated rings. The number of halogens is 2. The van der Waals surface area contributed by atoms with Gasteiger partial charge in [-0.3, -0.25) is 9.48 Å². The topological polar surface area (TPSA) is 129 Å². The normalized spacial score (nSPS) is 21.3. The number of carbonyl (C=O) groups is 1. The lowest BCUT2D eigenvalue weighted by Crippen LogP contribution is -2.16. The summed E-state index contributed by atoms with van der Waals surface area (Å²) in [6, 6.07) is 15.7. The number of nitrogen functional groups attached to an aromatic ring is 2. The van der Waals surface area contributed by atoms with Gasteiger partial charge in [-0.05, 0) is 98.6 Å². The van der Waals surface area contributed by atoms with Crippen LogP contribution in [0.1, 0.15) is 68.1 Å². The highest BCUT2D eigenvalue weighted by atomic mass is 35.5. The molecule has 3 unspecified atom stereocenters. The lowest BCUT2D eigenvalue weighted by Gasteiger charge is -2.21. The van der Waals surface area contributed by atoms with Crippen molar-refractivity contribution in [1.29, 1.82) is 5.26 Å². The van der Waals surface area contributed by atoms with Crippen LogP contribution in [-0.4, -0.2) is 27.2 Å².